The fourth-order valence-electron chi connectivity index (χ4n) is 2.98. The lowest BCUT2D eigenvalue weighted by atomic mass is 10.0. The molecule has 169 valence electrons. The first kappa shape index (κ1) is 24.0. The molecule has 3 aromatic rings. The average Bonchev–Trinajstić information content (AvgIpc) is 3.54. The molecule has 0 N–H and O–H groups in total. The molecule has 0 aliphatic carbocycles. The molecule has 2 aromatic carbocycles. The standard InChI is InChI=1S/C28H8N5O3S/c1-19-10-15-37-27(19)28(36)29-25-16-20(17-32-11-13-33(14-12-32)26(35)18-34)6-7-21(25)8-9-24-22-4-2-3-5-23(22)30-31-24/h11-14,17-18H,1H2. The van der Waals surface area contributed by atoms with Crippen molar-refractivity contribution >= 4 is 46.5 Å². The van der Waals surface area contributed by atoms with Crippen molar-refractivity contribution in [1.82, 2.24) is 20.5 Å². The molecule has 1 aromatic heterocycles. The summed E-state index contributed by atoms with van der Waals surface area (Å²) < 4.78 is 0. The molecule has 2 amide bonds. The van der Waals surface area contributed by atoms with Crippen LogP contribution in [0, 0.1) is 79.5 Å². The number of thiophene rings is 1. The van der Waals surface area contributed by atoms with E-state index < -0.39 is 11.8 Å². The van der Waals surface area contributed by atoms with Crippen molar-refractivity contribution in [2.75, 3.05) is 0 Å². The van der Waals surface area contributed by atoms with Crippen LogP contribution in [0.3, 0.4) is 0 Å². The van der Waals surface area contributed by atoms with E-state index in [0.29, 0.717) is 28.1 Å². The van der Waals surface area contributed by atoms with Gasteiger partial charge in [0.2, 0.25) is 6.29 Å². The molecular weight excluding hydrogens is 486 g/mol. The highest BCUT2D eigenvalue weighted by atomic mass is 32.1. The van der Waals surface area contributed by atoms with E-state index in [2.05, 4.69) is 88.8 Å². The second kappa shape index (κ2) is 10.5. The van der Waals surface area contributed by atoms with Crippen LogP contribution in [0.4, 0.5) is 11.4 Å². The van der Waals surface area contributed by atoms with Gasteiger partial charge in [0.15, 0.2) is 0 Å². The van der Waals surface area contributed by atoms with Gasteiger partial charge in [-0.15, -0.1) is 21.9 Å². The first-order valence-electron chi connectivity index (χ1n) is 10.3. The minimum Gasteiger partial charge on any atom is -0.341 e. The maximum atomic E-state index is 12.8. The Labute approximate surface area is 217 Å². The fourth-order valence-corrected chi connectivity index (χ4v) is 3.57. The zero-order chi connectivity index (χ0) is 25.8. The largest absolute Gasteiger partial charge is 0.341 e. The number of allylic oxidation sites excluding steroid dienone is 1. The van der Waals surface area contributed by atoms with Gasteiger partial charge in [-0.2, -0.15) is 0 Å². The summed E-state index contributed by atoms with van der Waals surface area (Å²) in [5, 5.41) is 10.9. The summed E-state index contributed by atoms with van der Waals surface area (Å²) in [4.78, 5) is 38.0. The lowest BCUT2D eigenvalue weighted by molar-refractivity contribution is -0.135. The molecule has 2 aliphatic heterocycles. The summed E-state index contributed by atoms with van der Waals surface area (Å²) in [6.45, 7) is 5.38. The van der Waals surface area contributed by atoms with E-state index in [0.717, 1.165) is 16.2 Å². The number of hydrogen-bond donors (Lipinski definition) is 0. The summed E-state index contributed by atoms with van der Waals surface area (Å²) in [6, 6.07) is 22.5. The summed E-state index contributed by atoms with van der Waals surface area (Å²) in [5.74, 6) is -1.26. The van der Waals surface area contributed by atoms with Gasteiger partial charge >= 0.3 is 0 Å². The quantitative estimate of drug-likeness (QED) is 0.371. The number of rotatable bonds is 7. The Hall–Kier alpha value is -4.76. The molecule has 0 bridgehead atoms. The summed E-state index contributed by atoms with van der Waals surface area (Å²) in [6.07, 6.45) is 11.9. The SMILES string of the molecule is [CH2]c1[c][c]sc1C(=O)[N]c1[c]c([CH]N2C=CN(C(=O)C=O)C=C2)[c][c]c1[C]=[C]C1=N[N]c2[c][c][c][c]c21. The van der Waals surface area contributed by atoms with Crippen molar-refractivity contribution in [3.05, 3.63) is 131 Å². The number of carbonyl (C=O) groups is 3. The Kier molecular flexibility index (Phi) is 6.78. The lowest BCUT2D eigenvalue weighted by Crippen LogP contribution is -2.25. The van der Waals surface area contributed by atoms with E-state index in [1.807, 2.05) is 0 Å². The van der Waals surface area contributed by atoms with Crippen molar-refractivity contribution < 1.29 is 14.4 Å². The maximum Gasteiger partial charge on any atom is 0.294 e. The highest BCUT2D eigenvalue weighted by molar-refractivity contribution is 7.11. The number of benzene rings is 2. The highest BCUT2D eigenvalue weighted by Crippen LogP contribution is 2.24. The number of hydrogen-bond acceptors (Lipinski definition) is 6. The van der Waals surface area contributed by atoms with Gasteiger partial charge in [0.05, 0.1) is 22.5 Å². The molecule has 15 radical (unpaired) electrons. The molecule has 0 saturated heterocycles. The molecule has 0 saturated carbocycles. The Morgan fingerprint density at radius 2 is 1.86 bits per heavy atom. The van der Waals surface area contributed by atoms with Gasteiger partial charge in [-0.25, -0.2) is 5.32 Å². The Morgan fingerprint density at radius 1 is 1.05 bits per heavy atom. The molecule has 37 heavy (non-hydrogen) atoms. The normalized spacial score (nSPS) is 13.9. The number of fused-ring (bicyclic) bond motifs is 1. The van der Waals surface area contributed by atoms with Gasteiger partial charge in [-0.1, -0.05) is 0 Å². The molecule has 3 heterocycles. The minimum absolute atomic E-state index is 0.122. The van der Waals surface area contributed by atoms with E-state index >= 15 is 0 Å². The van der Waals surface area contributed by atoms with Gasteiger partial charge in [0.1, 0.15) is 11.4 Å². The second-order valence-electron chi connectivity index (χ2n) is 7.12. The predicted molar refractivity (Wildman–Crippen MR) is 128 cm³/mol. The topological polar surface area (TPSA) is 98.2 Å². The van der Waals surface area contributed by atoms with Gasteiger partial charge in [-0.05, 0) is 24.1 Å². The summed E-state index contributed by atoms with van der Waals surface area (Å²) in [7, 11) is 0. The van der Waals surface area contributed by atoms with Crippen molar-refractivity contribution in [3.63, 3.8) is 0 Å². The third kappa shape index (κ3) is 5.26. The molecule has 9 heteroatoms. The molecule has 2 aliphatic rings. The Balaban J connectivity index is 1.40. The van der Waals surface area contributed by atoms with Crippen LogP contribution in [0.2, 0.25) is 0 Å². The molecular formula is C28H8N5O3S. The zero-order valence-corrected chi connectivity index (χ0v) is 19.4. The summed E-state index contributed by atoms with van der Waals surface area (Å²) >= 11 is 1.05. The molecule has 8 nitrogen and oxygen atoms in total. The predicted octanol–water partition coefficient (Wildman–Crippen LogP) is 2.17. The van der Waals surface area contributed by atoms with Crippen LogP contribution in [0.25, 0.3) is 0 Å². The molecule has 0 fully saturated rings. The van der Waals surface area contributed by atoms with E-state index in [4.69, 9.17) is 0 Å². The third-order valence-electron chi connectivity index (χ3n) is 4.74. The van der Waals surface area contributed by atoms with Gasteiger partial charge in [0.25, 0.3) is 11.8 Å². The first-order chi connectivity index (χ1) is 18.0. The van der Waals surface area contributed by atoms with E-state index in [-0.39, 0.29) is 22.4 Å². The Bertz CT molecular complexity index is 1490. The van der Waals surface area contributed by atoms with E-state index in [9.17, 15) is 14.4 Å². The zero-order valence-electron chi connectivity index (χ0n) is 18.5. The minimum atomic E-state index is -0.706. The van der Waals surface area contributed by atoms with Crippen LogP contribution in [0.5, 0.6) is 0 Å². The van der Waals surface area contributed by atoms with Gasteiger partial charge in [0, 0.05) is 90.5 Å². The van der Waals surface area contributed by atoms with Crippen LogP contribution in [-0.4, -0.2) is 33.6 Å². The van der Waals surface area contributed by atoms with Crippen LogP contribution in [0.1, 0.15) is 31.9 Å². The van der Waals surface area contributed by atoms with E-state index in [1.54, 1.807) is 23.8 Å². The number of amides is 2. The van der Waals surface area contributed by atoms with Crippen molar-refractivity contribution in [1.29, 1.82) is 0 Å². The monoisotopic (exact) mass is 494 g/mol. The molecule has 5 rings (SSSR count). The average molecular weight is 494 g/mol. The molecule has 0 spiro atoms. The second-order valence-corrected chi connectivity index (χ2v) is 7.94. The molecule has 0 atom stereocenters. The number of carbonyl (C=O) groups excluding carboxylic acids is 3. The van der Waals surface area contributed by atoms with Gasteiger partial charge in [-0.3, -0.25) is 19.3 Å². The van der Waals surface area contributed by atoms with Crippen molar-refractivity contribution in [2.24, 2.45) is 5.10 Å². The van der Waals surface area contributed by atoms with Crippen molar-refractivity contribution in [2.45, 2.75) is 0 Å². The molecule has 0 unspecified atom stereocenters. The highest BCUT2D eigenvalue weighted by Gasteiger charge is 2.19. The van der Waals surface area contributed by atoms with E-state index in [1.165, 1.54) is 12.4 Å². The van der Waals surface area contributed by atoms with Crippen LogP contribution in [0.15, 0.2) is 29.9 Å². The maximum absolute atomic E-state index is 12.8. The summed E-state index contributed by atoms with van der Waals surface area (Å²) in [5.41, 5.74) is 6.47. The smallest absolute Gasteiger partial charge is 0.294 e. The number of aldehydes is 1. The van der Waals surface area contributed by atoms with Crippen LogP contribution >= 0.6 is 11.3 Å². The first-order valence-corrected chi connectivity index (χ1v) is 11.1. The van der Waals surface area contributed by atoms with Gasteiger partial charge < -0.3 is 4.90 Å². The fraction of sp³-hybridized carbons (Fsp3) is 0. The van der Waals surface area contributed by atoms with Crippen molar-refractivity contribution in [3.8, 4) is 0 Å². The van der Waals surface area contributed by atoms with Crippen LogP contribution in [-0.2, 0) is 9.59 Å². The Morgan fingerprint density at radius 3 is 2.62 bits per heavy atom. The third-order valence-corrected chi connectivity index (χ3v) is 5.57. The lowest BCUT2D eigenvalue weighted by Gasteiger charge is -2.22. The number of nitrogens with zero attached hydrogens (tertiary/aromatic N) is 5. The van der Waals surface area contributed by atoms with Crippen LogP contribution < -0.4 is 10.7 Å².